The zero-order chi connectivity index (χ0) is 26.3. The highest BCUT2D eigenvalue weighted by molar-refractivity contribution is 6.00. The molecule has 3 aromatic carbocycles. The normalized spacial score (nSPS) is 17.9. The van der Waals surface area contributed by atoms with Crippen molar-refractivity contribution in [1.29, 1.82) is 0 Å². The van der Waals surface area contributed by atoms with Gasteiger partial charge in [-0.25, -0.2) is 9.07 Å². The molecule has 0 aliphatic carbocycles. The molecule has 1 aliphatic heterocycles. The van der Waals surface area contributed by atoms with Crippen LogP contribution in [0.2, 0.25) is 0 Å². The molecule has 2 heterocycles. The highest BCUT2D eigenvalue weighted by atomic mass is 19.3. The van der Waals surface area contributed by atoms with Gasteiger partial charge >= 0.3 is 5.92 Å². The molecule has 2 amide bonds. The Kier molecular flexibility index (Phi) is 6.10. The predicted molar refractivity (Wildman–Crippen MR) is 131 cm³/mol. The molecule has 1 unspecified atom stereocenters. The van der Waals surface area contributed by atoms with E-state index in [9.17, 15) is 22.8 Å². The zero-order valence-corrected chi connectivity index (χ0v) is 20.0. The molecule has 1 aliphatic rings. The molecular weight excluding hydrogens is 485 g/mol. The Morgan fingerprint density at radius 3 is 2.51 bits per heavy atom. The van der Waals surface area contributed by atoms with Gasteiger partial charge in [-0.1, -0.05) is 12.1 Å². The smallest absolute Gasteiger partial charge is 0.321 e. The van der Waals surface area contributed by atoms with Crippen LogP contribution in [0, 0.1) is 5.82 Å². The van der Waals surface area contributed by atoms with Gasteiger partial charge in [0.25, 0.3) is 5.91 Å². The second kappa shape index (κ2) is 9.27. The second-order valence-corrected chi connectivity index (χ2v) is 8.93. The van der Waals surface area contributed by atoms with Gasteiger partial charge < -0.3 is 15.0 Å². The molecule has 37 heavy (non-hydrogen) atoms. The number of fused-ring (bicyclic) bond motifs is 1. The van der Waals surface area contributed by atoms with Crippen molar-refractivity contribution in [2.75, 3.05) is 12.0 Å². The molecule has 2 atom stereocenters. The molecule has 0 bridgehead atoms. The molecule has 0 radical (unpaired) electrons. The van der Waals surface area contributed by atoms with Gasteiger partial charge in [0.1, 0.15) is 11.6 Å². The van der Waals surface area contributed by atoms with Gasteiger partial charge in [0, 0.05) is 24.4 Å². The van der Waals surface area contributed by atoms with E-state index in [4.69, 9.17) is 4.74 Å². The fraction of sp³-hybridized carbons (Fsp3) is 0.222. The maximum atomic E-state index is 13.7. The minimum atomic E-state index is -3.59. The van der Waals surface area contributed by atoms with Gasteiger partial charge in [-0.3, -0.25) is 9.59 Å². The Bertz CT molecular complexity index is 1480. The molecule has 1 fully saturated rings. The van der Waals surface area contributed by atoms with Crippen molar-refractivity contribution in [2.24, 2.45) is 0 Å². The van der Waals surface area contributed by atoms with Crippen LogP contribution in [0.5, 0.6) is 5.75 Å². The molecule has 0 spiro atoms. The summed E-state index contributed by atoms with van der Waals surface area (Å²) in [4.78, 5) is 26.9. The number of nitrogens with zero attached hydrogens (tertiary/aromatic N) is 3. The molecule has 190 valence electrons. The summed E-state index contributed by atoms with van der Waals surface area (Å²) in [5.74, 6) is -5.21. The first-order valence-electron chi connectivity index (χ1n) is 11.5. The third-order valence-corrected chi connectivity index (χ3v) is 6.37. The standard InChI is InChI=1S/C27H23F3N4O3/c1-27(29,30)26(36)32-22-14-24(35)33(25(22)16-4-3-5-21(13-16)37-2)20-10-11-23-17(12-20)15-31-34(23)19-8-6-18(28)7-9-19/h3-13,15,22,25H,14H2,1-2H3,(H,32,36)/t22-,25?/m0/s1. The van der Waals surface area contributed by atoms with Gasteiger partial charge in [0.15, 0.2) is 0 Å². The first kappa shape index (κ1) is 24.4. The number of amides is 2. The van der Waals surface area contributed by atoms with Crippen LogP contribution in [-0.2, 0) is 9.59 Å². The van der Waals surface area contributed by atoms with Crippen molar-refractivity contribution in [3.8, 4) is 11.4 Å². The number of carbonyl (C=O) groups is 2. The summed E-state index contributed by atoms with van der Waals surface area (Å²) in [5.41, 5.74) is 2.54. The van der Waals surface area contributed by atoms with Gasteiger partial charge in [-0.15, -0.1) is 0 Å². The van der Waals surface area contributed by atoms with Crippen LogP contribution in [0.4, 0.5) is 18.9 Å². The maximum absolute atomic E-state index is 13.7. The lowest BCUT2D eigenvalue weighted by atomic mass is 9.99. The van der Waals surface area contributed by atoms with E-state index in [0.717, 1.165) is 5.52 Å². The number of methoxy groups -OCH3 is 1. The summed E-state index contributed by atoms with van der Waals surface area (Å²) in [6.07, 6.45) is 1.47. The molecule has 0 saturated carbocycles. The number of hydrogen-bond donors (Lipinski definition) is 1. The number of alkyl halides is 2. The molecule has 5 rings (SSSR count). The number of anilines is 1. The van der Waals surface area contributed by atoms with Crippen molar-refractivity contribution in [1.82, 2.24) is 15.1 Å². The average Bonchev–Trinajstić information content (AvgIpc) is 3.44. The van der Waals surface area contributed by atoms with Gasteiger partial charge in [-0.05, 0) is 60.2 Å². The monoisotopic (exact) mass is 508 g/mol. The minimum absolute atomic E-state index is 0.156. The van der Waals surface area contributed by atoms with Crippen molar-refractivity contribution in [3.05, 3.63) is 84.3 Å². The number of aromatic nitrogens is 2. The largest absolute Gasteiger partial charge is 0.497 e. The number of benzene rings is 3. The van der Waals surface area contributed by atoms with E-state index >= 15 is 0 Å². The predicted octanol–water partition coefficient (Wildman–Crippen LogP) is 4.79. The molecule has 1 aromatic heterocycles. The van der Waals surface area contributed by atoms with E-state index < -0.39 is 23.9 Å². The lowest BCUT2D eigenvalue weighted by Gasteiger charge is -2.30. The summed E-state index contributed by atoms with van der Waals surface area (Å²) in [6.45, 7) is 0.518. The van der Waals surface area contributed by atoms with Crippen LogP contribution < -0.4 is 15.0 Å². The van der Waals surface area contributed by atoms with Crippen LogP contribution in [0.25, 0.3) is 16.6 Å². The van der Waals surface area contributed by atoms with E-state index in [0.29, 0.717) is 35.0 Å². The summed E-state index contributed by atoms with van der Waals surface area (Å²) >= 11 is 0. The number of carbonyl (C=O) groups excluding carboxylic acids is 2. The quantitative estimate of drug-likeness (QED) is 0.406. The summed E-state index contributed by atoms with van der Waals surface area (Å²) in [5, 5.41) is 7.47. The van der Waals surface area contributed by atoms with E-state index in [2.05, 4.69) is 10.4 Å². The fourth-order valence-corrected chi connectivity index (χ4v) is 4.63. The Hall–Kier alpha value is -4.34. The average molecular weight is 509 g/mol. The van der Waals surface area contributed by atoms with E-state index in [-0.39, 0.29) is 18.1 Å². The van der Waals surface area contributed by atoms with Crippen molar-refractivity contribution < 1.29 is 27.5 Å². The molecule has 7 nitrogen and oxygen atoms in total. The molecule has 1 saturated heterocycles. The number of rotatable bonds is 6. The third-order valence-electron chi connectivity index (χ3n) is 6.37. The maximum Gasteiger partial charge on any atom is 0.321 e. The van der Waals surface area contributed by atoms with Gasteiger partial charge in [-0.2, -0.15) is 13.9 Å². The Morgan fingerprint density at radius 1 is 1.08 bits per heavy atom. The zero-order valence-electron chi connectivity index (χ0n) is 20.0. The SMILES string of the molecule is COc1cccc(C2[C@@H](NC(=O)C(C)(F)F)CC(=O)N2c2ccc3c(cnn3-c3ccc(F)cc3)c2)c1. The molecule has 1 N–H and O–H groups in total. The summed E-state index contributed by atoms with van der Waals surface area (Å²) in [6, 6.07) is 16.5. The van der Waals surface area contributed by atoms with Crippen LogP contribution in [0.3, 0.4) is 0 Å². The fourth-order valence-electron chi connectivity index (χ4n) is 4.63. The topological polar surface area (TPSA) is 76.5 Å². The number of ether oxygens (including phenoxy) is 1. The molecular formula is C27H23F3N4O3. The first-order valence-corrected chi connectivity index (χ1v) is 11.5. The lowest BCUT2D eigenvalue weighted by Crippen LogP contribution is -2.46. The minimum Gasteiger partial charge on any atom is -0.497 e. The van der Waals surface area contributed by atoms with E-state index in [1.807, 2.05) is 0 Å². The van der Waals surface area contributed by atoms with Gasteiger partial charge in [0.2, 0.25) is 5.91 Å². The first-order chi connectivity index (χ1) is 17.7. The van der Waals surface area contributed by atoms with Crippen LogP contribution >= 0.6 is 0 Å². The number of halogens is 3. The Balaban J connectivity index is 1.56. The van der Waals surface area contributed by atoms with E-state index in [1.165, 1.54) is 24.1 Å². The van der Waals surface area contributed by atoms with Crippen molar-refractivity contribution in [3.63, 3.8) is 0 Å². The van der Waals surface area contributed by atoms with Crippen LogP contribution in [-0.4, -0.2) is 40.7 Å². The summed E-state index contributed by atoms with van der Waals surface area (Å²) < 4.78 is 47.8. The van der Waals surface area contributed by atoms with Crippen LogP contribution in [0.1, 0.15) is 24.9 Å². The molecule has 4 aromatic rings. The highest BCUT2D eigenvalue weighted by Gasteiger charge is 2.45. The summed E-state index contributed by atoms with van der Waals surface area (Å²) in [7, 11) is 1.50. The lowest BCUT2D eigenvalue weighted by molar-refractivity contribution is -0.143. The number of nitrogens with one attached hydrogen (secondary N) is 1. The Labute approximate surface area is 210 Å². The second-order valence-electron chi connectivity index (χ2n) is 8.93. The number of hydrogen-bond acceptors (Lipinski definition) is 4. The van der Waals surface area contributed by atoms with E-state index in [1.54, 1.807) is 65.5 Å². The van der Waals surface area contributed by atoms with Crippen molar-refractivity contribution >= 4 is 28.4 Å². The third kappa shape index (κ3) is 4.62. The Morgan fingerprint density at radius 2 is 1.81 bits per heavy atom. The van der Waals surface area contributed by atoms with Crippen molar-refractivity contribution in [2.45, 2.75) is 31.4 Å². The van der Waals surface area contributed by atoms with Gasteiger partial charge in [0.05, 0.1) is 36.6 Å². The molecule has 10 heteroatoms. The highest BCUT2D eigenvalue weighted by Crippen LogP contribution is 2.40. The van der Waals surface area contributed by atoms with Crippen LogP contribution in [0.15, 0.2) is 72.9 Å².